The fourth-order valence-corrected chi connectivity index (χ4v) is 2.84. The monoisotopic (exact) mass is 427 g/mol. The number of phenols is 1. The van der Waals surface area contributed by atoms with E-state index in [9.17, 15) is 19.1 Å². The van der Waals surface area contributed by atoms with Gasteiger partial charge in [0.05, 0.1) is 11.6 Å². The number of nitriles is 1. The standard InChI is InChI=1S/C22H22FN3O5/c1-14(4-2-3-5-20(28)26-30)21(16-8-11-19(27)18(23)12-16)31-22(29)25-17-9-6-15(13-24)7-10-17/h3,5-12,14,21,27,30H,2,4H2,1H3,(H,25,29)(H,26,28)/b5-3+/t14-,21-/m1/s1. The molecule has 2 rings (SSSR count). The highest BCUT2D eigenvalue weighted by molar-refractivity contribution is 5.86. The van der Waals surface area contributed by atoms with Crippen LogP contribution in [0.5, 0.6) is 5.75 Å². The van der Waals surface area contributed by atoms with Crippen LogP contribution >= 0.6 is 0 Å². The van der Waals surface area contributed by atoms with Crippen LogP contribution in [0.3, 0.4) is 0 Å². The summed E-state index contributed by atoms with van der Waals surface area (Å²) in [6, 6.07) is 11.9. The van der Waals surface area contributed by atoms with Crippen molar-refractivity contribution in [1.82, 2.24) is 5.48 Å². The molecule has 0 spiro atoms. The first-order valence-electron chi connectivity index (χ1n) is 9.41. The van der Waals surface area contributed by atoms with Gasteiger partial charge in [0, 0.05) is 11.8 Å². The lowest BCUT2D eigenvalue weighted by Gasteiger charge is -2.25. The SMILES string of the molecule is C[C@H](CC/C=C/C(=O)NO)[C@@H](OC(=O)Nc1ccc(C#N)cc1)c1ccc(O)c(F)c1. The third-order valence-corrected chi connectivity index (χ3v) is 4.48. The summed E-state index contributed by atoms with van der Waals surface area (Å²) in [6.45, 7) is 1.80. The highest BCUT2D eigenvalue weighted by atomic mass is 19.1. The quantitative estimate of drug-likeness (QED) is 0.284. The van der Waals surface area contributed by atoms with Crippen molar-refractivity contribution >= 4 is 17.7 Å². The van der Waals surface area contributed by atoms with Gasteiger partial charge in [0.1, 0.15) is 6.10 Å². The number of allylic oxidation sites excluding steroid dienone is 1. The molecule has 0 saturated heterocycles. The third-order valence-electron chi connectivity index (χ3n) is 4.48. The summed E-state index contributed by atoms with van der Waals surface area (Å²) >= 11 is 0. The number of nitrogens with zero attached hydrogens (tertiary/aromatic N) is 1. The molecule has 2 atom stereocenters. The van der Waals surface area contributed by atoms with Crippen LogP contribution in [0.4, 0.5) is 14.9 Å². The molecule has 31 heavy (non-hydrogen) atoms. The fourth-order valence-electron chi connectivity index (χ4n) is 2.84. The van der Waals surface area contributed by atoms with Crippen molar-refractivity contribution in [1.29, 1.82) is 5.26 Å². The van der Waals surface area contributed by atoms with Crippen molar-refractivity contribution in [2.75, 3.05) is 5.32 Å². The number of amides is 2. The van der Waals surface area contributed by atoms with Gasteiger partial charge in [-0.05, 0) is 60.7 Å². The molecule has 9 heteroatoms. The van der Waals surface area contributed by atoms with E-state index in [4.69, 9.17) is 15.2 Å². The number of rotatable bonds is 8. The maximum Gasteiger partial charge on any atom is 0.412 e. The zero-order chi connectivity index (χ0) is 22.8. The van der Waals surface area contributed by atoms with Crippen LogP contribution < -0.4 is 10.8 Å². The van der Waals surface area contributed by atoms with Crippen LogP contribution in [0.1, 0.15) is 37.0 Å². The van der Waals surface area contributed by atoms with Gasteiger partial charge in [-0.3, -0.25) is 15.3 Å². The molecule has 0 aliphatic carbocycles. The van der Waals surface area contributed by atoms with Gasteiger partial charge in [0.15, 0.2) is 11.6 Å². The second kappa shape index (κ2) is 11.3. The molecule has 0 aliphatic rings. The number of ether oxygens (including phenoxy) is 1. The first-order valence-corrected chi connectivity index (χ1v) is 9.41. The number of halogens is 1. The predicted octanol–water partition coefficient (Wildman–Crippen LogP) is 4.17. The number of nitrogens with one attached hydrogen (secondary N) is 2. The number of carbonyl (C=O) groups excluding carboxylic acids is 2. The summed E-state index contributed by atoms with van der Waals surface area (Å²) in [5.74, 6) is -2.30. The number of anilines is 1. The summed E-state index contributed by atoms with van der Waals surface area (Å²) in [6.07, 6.45) is 2.02. The molecule has 0 aliphatic heterocycles. The average molecular weight is 427 g/mol. The van der Waals surface area contributed by atoms with E-state index in [1.165, 1.54) is 23.7 Å². The molecule has 0 aromatic heterocycles. The maximum absolute atomic E-state index is 13.9. The Balaban J connectivity index is 2.13. The van der Waals surface area contributed by atoms with E-state index in [-0.39, 0.29) is 5.92 Å². The molecule has 0 heterocycles. The van der Waals surface area contributed by atoms with E-state index in [1.54, 1.807) is 37.3 Å². The smallest absolute Gasteiger partial charge is 0.412 e. The molecule has 0 unspecified atom stereocenters. The lowest BCUT2D eigenvalue weighted by molar-refractivity contribution is -0.124. The van der Waals surface area contributed by atoms with Crippen molar-refractivity contribution in [2.24, 2.45) is 5.92 Å². The van der Waals surface area contributed by atoms with Gasteiger partial charge in [-0.2, -0.15) is 5.26 Å². The number of benzene rings is 2. The lowest BCUT2D eigenvalue weighted by Crippen LogP contribution is -2.22. The van der Waals surface area contributed by atoms with E-state index >= 15 is 0 Å². The van der Waals surface area contributed by atoms with Crippen molar-refractivity contribution in [2.45, 2.75) is 25.9 Å². The Hall–Kier alpha value is -3.90. The highest BCUT2D eigenvalue weighted by Gasteiger charge is 2.24. The van der Waals surface area contributed by atoms with E-state index in [2.05, 4.69) is 5.32 Å². The highest BCUT2D eigenvalue weighted by Crippen LogP contribution is 2.32. The van der Waals surface area contributed by atoms with E-state index < -0.39 is 29.7 Å². The van der Waals surface area contributed by atoms with Gasteiger partial charge in [-0.25, -0.2) is 14.7 Å². The molecule has 0 bridgehead atoms. The van der Waals surface area contributed by atoms with Crippen molar-refractivity contribution in [3.8, 4) is 11.8 Å². The van der Waals surface area contributed by atoms with Gasteiger partial charge in [0.2, 0.25) is 0 Å². The van der Waals surface area contributed by atoms with Gasteiger partial charge < -0.3 is 9.84 Å². The minimum absolute atomic E-state index is 0.280. The van der Waals surface area contributed by atoms with Crippen LogP contribution in [0.25, 0.3) is 0 Å². The summed E-state index contributed by atoms with van der Waals surface area (Å²) in [7, 11) is 0. The van der Waals surface area contributed by atoms with Crippen molar-refractivity contribution in [3.63, 3.8) is 0 Å². The number of hydrogen-bond donors (Lipinski definition) is 4. The Labute approximate surface area is 178 Å². The molecule has 0 saturated carbocycles. The van der Waals surface area contributed by atoms with E-state index in [1.807, 2.05) is 6.07 Å². The molecule has 162 valence electrons. The van der Waals surface area contributed by atoms with E-state index in [0.717, 1.165) is 6.07 Å². The molecule has 2 aromatic carbocycles. The molecular weight excluding hydrogens is 405 g/mol. The normalized spacial score (nSPS) is 12.6. The van der Waals surface area contributed by atoms with Crippen LogP contribution in [-0.2, 0) is 9.53 Å². The Morgan fingerprint density at radius 1 is 1.26 bits per heavy atom. The first-order chi connectivity index (χ1) is 14.8. The second-order valence-electron chi connectivity index (χ2n) is 6.78. The summed E-state index contributed by atoms with van der Waals surface area (Å²) in [5, 5.41) is 29.3. The second-order valence-corrected chi connectivity index (χ2v) is 6.78. The number of hydrogen-bond acceptors (Lipinski definition) is 6. The third kappa shape index (κ3) is 7.13. The zero-order valence-corrected chi connectivity index (χ0v) is 16.7. The Kier molecular flexibility index (Phi) is 8.54. The average Bonchev–Trinajstić information content (AvgIpc) is 2.77. The number of carbonyl (C=O) groups is 2. The van der Waals surface area contributed by atoms with Crippen LogP contribution in [0.2, 0.25) is 0 Å². The zero-order valence-electron chi connectivity index (χ0n) is 16.7. The minimum atomic E-state index is -0.842. The van der Waals surface area contributed by atoms with Gasteiger partial charge in [0.25, 0.3) is 5.91 Å². The number of aromatic hydroxyl groups is 1. The molecular formula is C22H22FN3O5. The van der Waals surface area contributed by atoms with E-state index in [0.29, 0.717) is 29.7 Å². The predicted molar refractivity (Wildman–Crippen MR) is 110 cm³/mol. The molecule has 2 amide bonds. The van der Waals surface area contributed by atoms with Crippen LogP contribution in [0, 0.1) is 23.1 Å². The summed E-state index contributed by atoms with van der Waals surface area (Å²) < 4.78 is 19.4. The van der Waals surface area contributed by atoms with Crippen molar-refractivity contribution < 1.29 is 29.0 Å². The van der Waals surface area contributed by atoms with Gasteiger partial charge in [-0.15, -0.1) is 0 Å². The summed E-state index contributed by atoms with van der Waals surface area (Å²) in [5.41, 5.74) is 2.70. The molecule has 8 nitrogen and oxygen atoms in total. The number of hydroxylamine groups is 1. The molecule has 2 aromatic rings. The van der Waals surface area contributed by atoms with Gasteiger partial charge in [-0.1, -0.05) is 19.1 Å². The molecule has 0 radical (unpaired) electrons. The van der Waals surface area contributed by atoms with Crippen molar-refractivity contribution in [3.05, 3.63) is 71.6 Å². The topological polar surface area (TPSA) is 132 Å². The molecule has 4 N–H and O–H groups in total. The Morgan fingerprint density at radius 2 is 1.97 bits per heavy atom. The van der Waals surface area contributed by atoms with Crippen LogP contribution in [0.15, 0.2) is 54.6 Å². The summed E-state index contributed by atoms with van der Waals surface area (Å²) in [4.78, 5) is 23.5. The fraction of sp³-hybridized carbons (Fsp3) is 0.227. The Bertz CT molecular complexity index is 986. The molecule has 0 fully saturated rings. The largest absolute Gasteiger partial charge is 0.505 e. The number of phenolic OH excluding ortho intramolecular Hbond substituents is 1. The minimum Gasteiger partial charge on any atom is -0.505 e. The Morgan fingerprint density at radius 3 is 2.58 bits per heavy atom. The first kappa shape index (κ1) is 23.4. The van der Waals surface area contributed by atoms with Crippen LogP contribution in [-0.4, -0.2) is 22.3 Å². The van der Waals surface area contributed by atoms with Gasteiger partial charge >= 0.3 is 6.09 Å². The lowest BCUT2D eigenvalue weighted by atomic mass is 9.93. The maximum atomic E-state index is 13.9.